The molecular weight excluding hydrogens is 713 g/mol. The molecule has 18 rings (SSSR count). The molecule has 0 saturated heterocycles. The van der Waals surface area contributed by atoms with Crippen LogP contribution in [0.4, 0.5) is 0 Å². The number of nitrogens with one attached hydrogen (secondary N) is 2. The van der Waals surface area contributed by atoms with Crippen LogP contribution >= 0.6 is 0 Å². The van der Waals surface area contributed by atoms with Crippen LogP contribution in [0.5, 0.6) is 0 Å². The summed E-state index contributed by atoms with van der Waals surface area (Å²) in [5.74, 6) is 2.52. The van der Waals surface area contributed by atoms with Crippen molar-refractivity contribution in [3.63, 3.8) is 0 Å². The molecule has 0 radical (unpaired) electrons. The molecule has 6 N–H and O–H groups in total. The molecule has 2 bridgehead atoms. The zero-order valence-electron chi connectivity index (χ0n) is 31.2. The third kappa shape index (κ3) is 2.37. The molecule has 4 fully saturated rings. The summed E-state index contributed by atoms with van der Waals surface area (Å²) < 4.78 is 0. The van der Waals surface area contributed by atoms with Crippen molar-refractivity contribution in [2.45, 2.75) is 61.4 Å². The maximum absolute atomic E-state index is 15.7. The van der Waals surface area contributed by atoms with Gasteiger partial charge >= 0.3 is 0 Å². The quantitative estimate of drug-likeness (QED) is 0.105. The summed E-state index contributed by atoms with van der Waals surface area (Å²) in [5.41, 5.74) is 10.8. The molecule has 13 aliphatic rings. The highest BCUT2D eigenvalue weighted by molar-refractivity contribution is 6.42. The number of hydrogen-bond donors (Lipinski definition) is 6. The van der Waals surface area contributed by atoms with Gasteiger partial charge in [0.2, 0.25) is 11.8 Å². The Morgan fingerprint density at radius 3 is 2.00 bits per heavy atom. The molecule has 57 heavy (non-hydrogen) atoms. The van der Waals surface area contributed by atoms with Crippen molar-refractivity contribution < 1.29 is 30.0 Å². The first-order valence-corrected chi connectivity index (χ1v) is 21.8. The molecule has 0 aromatic heterocycles. The molecule has 11 atom stereocenters. The molecule has 0 heterocycles. The van der Waals surface area contributed by atoms with Crippen molar-refractivity contribution in [2.75, 3.05) is 26.4 Å². The van der Waals surface area contributed by atoms with Crippen LogP contribution in [-0.2, 0) is 27.8 Å². The number of carbonyl (C=O) groups is 2. The zero-order valence-corrected chi connectivity index (χ0v) is 31.2. The van der Waals surface area contributed by atoms with Crippen molar-refractivity contribution in [1.29, 1.82) is 0 Å². The number of hydrogen-bond acceptors (Lipinski definition) is 6. The van der Waals surface area contributed by atoms with E-state index >= 15 is 9.59 Å². The number of rotatable bonds is 8. The Labute approximate surface area is 325 Å². The number of benzene rings is 2. The number of aliphatic hydroxyl groups excluding tert-OH is 4. The van der Waals surface area contributed by atoms with Gasteiger partial charge in [0, 0.05) is 29.1 Å². The van der Waals surface area contributed by atoms with E-state index in [4.69, 9.17) is 0 Å². The summed E-state index contributed by atoms with van der Waals surface area (Å²) in [6, 6.07) is -1.86. The maximum Gasteiger partial charge on any atom is 0.237 e. The first-order valence-electron chi connectivity index (χ1n) is 21.8. The molecule has 13 aliphatic carbocycles. The normalized spacial score (nSPS) is 37.5. The summed E-state index contributed by atoms with van der Waals surface area (Å²) in [5, 5.41) is 63.6. The molecule has 2 amide bonds. The van der Waals surface area contributed by atoms with Gasteiger partial charge in [-0.1, -0.05) is 24.3 Å². The zero-order chi connectivity index (χ0) is 37.2. The second kappa shape index (κ2) is 8.53. The number of fused-ring (bicyclic) bond motifs is 3. The van der Waals surface area contributed by atoms with Crippen LogP contribution in [0.1, 0.15) is 64.5 Å². The van der Waals surface area contributed by atoms with Crippen LogP contribution < -0.4 is 26.3 Å². The van der Waals surface area contributed by atoms with Gasteiger partial charge in [-0.3, -0.25) is 9.59 Å². The summed E-state index contributed by atoms with van der Waals surface area (Å²) in [6.45, 7) is -1.82. The number of carbonyl (C=O) groups excluding carboxylic acids is 2. The Morgan fingerprint density at radius 2 is 1.28 bits per heavy atom. The third-order valence-electron chi connectivity index (χ3n) is 19.7. The fourth-order valence-corrected chi connectivity index (χ4v) is 18.7. The van der Waals surface area contributed by atoms with E-state index in [0.29, 0.717) is 47.8 Å². The smallest absolute Gasteiger partial charge is 0.237 e. The molecular formula is C49H40N2O6. The molecule has 11 unspecified atom stereocenters. The van der Waals surface area contributed by atoms with Crippen molar-refractivity contribution in [1.82, 2.24) is 10.6 Å². The first kappa shape index (κ1) is 29.8. The van der Waals surface area contributed by atoms with Crippen molar-refractivity contribution in [3.8, 4) is 0 Å². The van der Waals surface area contributed by atoms with E-state index in [1.165, 1.54) is 89.2 Å². The lowest BCUT2D eigenvalue weighted by atomic mass is 9.33. The van der Waals surface area contributed by atoms with Crippen LogP contribution in [0.15, 0.2) is 18.2 Å². The predicted octanol–water partition coefficient (Wildman–Crippen LogP) is 1.59. The Kier molecular flexibility index (Phi) is 4.46. The molecule has 4 saturated carbocycles. The second-order valence-corrected chi connectivity index (χ2v) is 20.5. The highest BCUT2D eigenvalue weighted by Gasteiger charge is 2.82. The van der Waals surface area contributed by atoms with Gasteiger partial charge in [-0.2, -0.15) is 0 Å². The summed E-state index contributed by atoms with van der Waals surface area (Å²) in [6.07, 6.45) is 15.2. The Balaban J connectivity index is 1.13. The van der Waals surface area contributed by atoms with E-state index in [2.05, 4.69) is 34.9 Å². The van der Waals surface area contributed by atoms with E-state index in [0.717, 1.165) is 12.8 Å². The first-order chi connectivity index (χ1) is 28.0. The fraction of sp³-hybridized carbons (Fsp3) is 0.469. The summed E-state index contributed by atoms with van der Waals surface area (Å²) in [7, 11) is 0. The fourth-order valence-electron chi connectivity index (χ4n) is 18.7. The van der Waals surface area contributed by atoms with Gasteiger partial charge < -0.3 is 31.1 Å². The van der Waals surface area contributed by atoms with Crippen LogP contribution in [0.3, 0.4) is 0 Å². The Hall–Kier alpha value is -4.34. The van der Waals surface area contributed by atoms with Crippen molar-refractivity contribution in [2.24, 2.45) is 52.8 Å². The largest absolute Gasteiger partial charge is 0.394 e. The number of allylic oxidation sites excluding steroid dienone is 3. The highest BCUT2D eigenvalue weighted by Crippen LogP contribution is 2.81. The van der Waals surface area contributed by atoms with Gasteiger partial charge in [-0.05, 0) is 176 Å². The van der Waals surface area contributed by atoms with Gasteiger partial charge in [0.05, 0.1) is 38.5 Å². The molecule has 5 aromatic rings. The lowest BCUT2D eigenvalue weighted by Gasteiger charge is -2.66. The van der Waals surface area contributed by atoms with E-state index in [9.17, 15) is 20.4 Å². The van der Waals surface area contributed by atoms with E-state index in [1.807, 2.05) is 0 Å². The molecule has 0 aliphatic heterocycles. The molecule has 282 valence electrons. The van der Waals surface area contributed by atoms with Gasteiger partial charge in [0.15, 0.2) is 0 Å². The SMILES string of the molecule is O=C(NC(CO)CO)C1(C(=O)NC(CO)CO)C2CC13c1c4c5c6c7c8c9c%10c(c%11c9c9c(c2c1c9c58)CC%11)C=CC1C%10C=7C2C1CCC1C5C=CC3C=4C5C=6C12. The highest BCUT2D eigenvalue weighted by atomic mass is 16.3. The van der Waals surface area contributed by atoms with Crippen molar-refractivity contribution >= 4 is 77.7 Å². The maximum atomic E-state index is 15.7. The second-order valence-electron chi connectivity index (χ2n) is 20.5. The minimum Gasteiger partial charge on any atom is -0.394 e. The van der Waals surface area contributed by atoms with Crippen LogP contribution in [0.25, 0.3) is 65.9 Å². The number of aryl methyl sites for hydroxylation is 2. The van der Waals surface area contributed by atoms with Gasteiger partial charge in [0.25, 0.3) is 0 Å². The van der Waals surface area contributed by atoms with Gasteiger partial charge in [-0.25, -0.2) is 0 Å². The van der Waals surface area contributed by atoms with Crippen LogP contribution in [0, 0.1) is 52.8 Å². The third-order valence-corrected chi connectivity index (χ3v) is 19.7. The lowest BCUT2D eigenvalue weighted by molar-refractivity contribution is -0.168. The van der Waals surface area contributed by atoms with Gasteiger partial charge in [-0.15, -0.1) is 0 Å². The predicted molar refractivity (Wildman–Crippen MR) is 213 cm³/mol. The lowest BCUT2D eigenvalue weighted by Crippen LogP contribution is -2.76. The van der Waals surface area contributed by atoms with E-state index < -0.39 is 67.1 Å². The minimum atomic E-state index is -1.63. The van der Waals surface area contributed by atoms with Gasteiger partial charge in [0.1, 0.15) is 5.41 Å². The van der Waals surface area contributed by atoms with E-state index in [1.54, 1.807) is 32.5 Å². The standard InChI is InChI=1S/C49H40N2O6/c52-10-14(11-53)50-46(56)49(47(57)51-15(12-54)13-55)24-9-48(49)23-8-7-21-19-4-3-17-16-1-2-18-20-5-6-22-25(24)43-37-32(22)30(20)35-27(18)26(16)34-28(17)29(19)36-31(21)33(23)44(45(43)48)42-40(36)38(34)39(35)41(37)42/h1-2,7-8,14-17,19,21,23-24,26,28-29,31,52-55H,3-6,9-13H2,(H,50,56)(H,51,57). The Bertz CT molecular complexity index is 3230. The number of amides is 2. The van der Waals surface area contributed by atoms with Crippen molar-refractivity contribution in [3.05, 3.63) is 67.3 Å². The summed E-state index contributed by atoms with van der Waals surface area (Å²) >= 11 is 0. The monoisotopic (exact) mass is 752 g/mol. The average Bonchev–Trinajstić information content (AvgIpc) is 4.05. The average molecular weight is 753 g/mol. The molecule has 1 spiro atoms. The topological polar surface area (TPSA) is 139 Å². The molecule has 8 nitrogen and oxygen atoms in total. The Morgan fingerprint density at radius 1 is 0.649 bits per heavy atom. The van der Waals surface area contributed by atoms with Crippen LogP contribution in [0.2, 0.25) is 0 Å². The molecule has 8 heteroatoms. The number of aliphatic hydroxyl groups is 4. The minimum absolute atomic E-state index is 0.164. The van der Waals surface area contributed by atoms with Crippen LogP contribution in [-0.4, -0.2) is 70.8 Å². The summed E-state index contributed by atoms with van der Waals surface area (Å²) in [4.78, 5) is 31.3. The molecule has 5 aromatic carbocycles. The van der Waals surface area contributed by atoms with E-state index in [-0.39, 0.29) is 11.8 Å².